The van der Waals surface area contributed by atoms with Gasteiger partial charge < -0.3 is 28.3 Å². The first-order valence-corrected chi connectivity index (χ1v) is 15.2. The Morgan fingerprint density at radius 2 is 1.10 bits per heavy atom. The Morgan fingerprint density at radius 1 is 0.600 bits per heavy atom. The van der Waals surface area contributed by atoms with Crippen molar-refractivity contribution in [2.24, 2.45) is 7.05 Å². The van der Waals surface area contributed by atoms with E-state index >= 15 is 0 Å². The molecular formula is C35H34N2O13. The molecule has 1 aliphatic rings. The van der Waals surface area contributed by atoms with Gasteiger partial charge >= 0.3 is 29.8 Å². The molecule has 0 N–H and O–H groups in total. The van der Waals surface area contributed by atoms with Crippen LogP contribution in [-0.4, -0.2) is 71.1 Å². The van der Waals surface area contributed by atoms with Crippen molar-refractivity contribution in [1.82, 2.24) is 4.57 Å². The van der Waals surface area contributed by atoms with Crippen LogP contribution in [0.15, 0.2) is 65.5 Å². The number of pyridine rings is 1. The van der Waals surface area contributed by atoms with Crippen LogP contribution in [0.4, 0.5) is 5.69 Å². The van der Waals surface area contributed by atoms with Crippen molar-refractivity contribution < 1.29 is 57.2 Å². The van der Waals surface area contributed by atoms with Crippen LogP contribution in [0.5, 0.6) is 0 Å². The standard InChI is InChI=1S/C35H34N2O13/c1-18(38)46-17-25(47-19(2)39)30(48-20(3)40)32(50-22(5)42)31(49-21(4)41)29-28-27(26(33(43)36(29)6)23-13-9-7-10-14-23)34(44)37(35(28)45)24-15-11-8-12-16-24/h7-16,25,30-32H,17H2,1-6H3/t25-,30-,31+,32+/m1/s1. The minimum Gasteiger partial charge on any atom is -0.462 e. The van der Waals surface area contributed by atoms with E-state index in [1.165, 1.54) is 19.2 Å². The van der Waals surface area contributed by atoms with E-state index in [4.69, 9.17) is 23.7 Å². The molecule has 0 radical (unpaired) electrons. The molecule has 1 aliphatic heterocycles. The van der Waals surface area contributed by atoms with Gasteiger partial charge in [0.15, 0.2) is 24.4 Å². The highest BCUT2D eigenvalue weighted by Crippen LogP contribution is 2.40. The molecule has 2 amide bonds. The van der Waals surface area contributed by atoms with Gasteiger partial charge in [-0.15, -0.1) is 0 Å². The number of hydrogen-bond acceptors (Lipinski definition) is 13. The number of amides is 2. The molecule has 50 heavy (non-hydrogen) atoms. The fourth-order valence-electron chi connectivity index (χ4n) is 5.67. The lowest BCUT2D eigenvalue weighted by atomic mass is 9.91. The topological polar surface area (TPSA) is 191 Å². The Balaban J connectivity index is 2.11. The summed E-state index contributed by atoms with van der Waals surface area (Å²) in [6.45, 7) is 4.30. The Labute approximate surface area is 285 Å². The van der Waals surface area contributed by atoms with E-state index < -0.39 is 83.9 Å². The van der Waals surface area contributed by atoms with E-state index in [0.717, 1.165) is 44.1 Å². The Bertz CT molecular complexity index is 1900. The Morgan fingerprint density at radius 3 is 1.62 bits per heavy atom. The average molecular weight is 691 g/mol. The van der Waals surface area contributed by atoms with Gasteiger partial charge in [0.25, 0.3) is 17.4 Å². The molecule has 0 unspecified atom stereocenters. The zero-order chi connectivity index (χ0) is 36.9. The quantitative estimate of drug-likeness (QED) is 0.153. The minimum atomic E-state index is -1.97. The van der Waals surface area contributed by atoms with Crippen LogP contribution in [-0.2, 0) is 54.7 Å². The van der Waals surface area contributed by atoms with E-state index in [2.05, 4.69) is 0 Å². The lowest BCUT2D eigenvalue weighted by Crippen LogP contribution is -2.51. The van der Waals surface area contributed by atoms with Crippen molar-refractivity contribution in [2.45, 2.75) is 59.0 Å². The van der Waals surface area contributed by atoms with Crippen LogP contribution < -0.4 is 10.5 Å². The molecule has 0 saturated heterocycles. The number of rotatable bonds is 12. The van der Waals surface area contributed by atoms with E-state index in [0.29, 0.717) is 5.56 Å². The molecule has 4 rings (SSSR count). The number of hydrogen-bond donors (Lipinski definition) is 0. The minimum absolute atomic E-state index is 0.140. The molecule has 0 aliphatic carbocycles. The fourth-order valence-corrected chi connectivity index (χ4v) is 5.67. The van der Waals surface area contributed by atoms with Crippen molar-refractivity contribution in [3.63, 3.8) is 0 Å². The van der Waals surface area contributed by atoms with Gasteiger partial charge in [-0.05, 0) is 17.7 Å². The number of fused-ring (bicyclic) bond motifs is 1. The fraction of sp³-hybridized carbons (Fsp3) is 0.314. The predicted molar refractivity (Wildman–Crippen MR) is 173 cm³/mol. The number of esters is 5. The van der Waals surface area contributed by atoms with Crippen molar-refractivity contribution in [3.05, 3.63) is 87.8 Å². The number of anilines is 1. The van der Waals surface area contributed by atoms with Crippen LogP contribution in [0.3, 0.4) is 0 Å². The van der Waals surface area contributed by atoms with Crippen LogP contribution in [0.25, 0.3) is 11.1 Å². The second-order valence-electron chi connectivity index (χ2n) is 11.2. The number of imide groups is 1. The highest BCUT2D eigenvalue weighted by atomic mass is 16.6. The highest BCUT2D eigenvalue weighted by molar-refractivity contribution is 6.36. The third-order valence-electron chi connectivity index (χ3n) is 7.47. The van der Waals surface area contributed by atoms with Gasteiger partial charge in [-0.25, -0.2) is 4.90 Å². The summed E-state index contributed by atoms with van der Waals surface area (Å²) in [6, 6.07) is 16.0. The largest absolute Gasteiger partial charge is 0.462 e. The lowest BCUT2D eigenvalue weighted by molar-refractivity contribution is -0.203. The molecule has 262 valence electrons. The smallest absolute Gasteiger partial charge is 0.303 e. The van der Waals surface area contributed by atoms with Crippen molar-refractivity contribution in [1.29, 1.82) is 0 Å². The molecule has 15 heteroatoms. The Hall–Kier alpha value is -6.12. The molecular weight excluding hydrogens is 656 g/mol. The third kappa shape index (κ3) is 7.77. The lowest BCUT2D eigenvalue weighted by Gasteiger charge is -2.36. The number of ether oxygens (including phenoxy) is 5. The first-order valence-electron chi connectivity index (χ1n) is 15.2. The van der Waals surface area contributed by atoms with Gasteiger partial charge in [-0.2, -0.15) is 0 Å². The monoisotopic (exact) mass is 690 g/mol. The number of benzene rings is 2. The maximum atomic E-state index is 14.4. The summed E-state index contributed by atoms with van der Waals surface area (Å²) in [6.07, 6.45) is -7.48. The molecule has 15 nitrogen and oxygen atoms in total. The predicted octanol–water partition coefficient (Wildman–Crippen LogP) is 2.82. The molecule has 2 heterocycles. The summed E-state index contributed by atoms with van der Waals surface area (Å²) in [5, 5.41) is 0. The molecule has 0 spiro atoms. The number of carbonyl (C=O) groups is 7. The van der Waals surface area contributed by atoms with Gasteiger partial charge in [0.2, 0.25) is 0 Å². The second-order valence-corrected chi connectivity index (χ2v) is 11.2. The summed E-state index contributed by atoms with van der Waals surface area (Å²) in [5.41, 5.74) is -1.61. The average Bonchev–Trinajstić information content (AvgIpc) is 3.30. The molecule has 0 fully saturated rings. The summed E-state index contributed by atoms with van der Waals surface area (Å²) in [7, 11) is 1.25. The molecule has 0 saturated carbocycles. The SMILES string of the molecule is CC(=O)OC[C@@H](OC(C)=O)[C@@H](OC(C)=O)[C@H](OC(C)=O)[C@@H](OC(C)=O)c1c2c(c(-c3ccccc3)c(=O)n1C)C(=O)N(c1ccccc1)C2=O. The Kier molecular flexibility index (Phi) is 11.3. The second kappa shape index (κ2) is 15.4. The summed E-state index contributed by atoms with van der Waals surface area (Å²) >= 11 is 0. The zero-order valence-corrected chi connectivity index (χ0v) is 28.0. The van der Waals surface area contributed by atoms with Crippen molar-refractivity contribution in [3.8, 4) is 11.1 Å². The maximum absolute atomic E-state index is 14.4. The maximum Gasteiger partial charge on any atom is 0.303 e. The highest BCUT2D eigenvalue weighted by Gasteiger charge is 2.50. The number of nitrogens with zero attached hydrogens (tertiary/aromatic N) is 2. The summed E-state index contributed by atoms with van der Waals surface area (Å²) < 4.78 is 28.1. The van der Waals surface area contributed by atoms with Crippen molar-refractivity contribution in [2.75, 3.05) is 11.5 Å². The summed E-state index contributed by atoms with van der Waals surface area (Å²) in [4.78, 5) is 106. The normalized spacial score (nSPS) is 14.5. The number of carbonyl (C=O) groups excluding carboxylic acids is 7. The number of para-hydroxylation sites is 1. The molecule has 4 atom stereocenters. The van der Waals surface area contributed by atoms with Gasteiger partial charge in [-0.1, -0.05) is 48.5 Å². The molecule has 1 aromatic heterocycles. The van der Waals surface area contributed by atoms with Gasteiger partial charge in [0.05, 0.1) is 28.1 Å². The van der Waals surface area contributed by atoms with Gasteiger partial charge in [0.1, 0.15) is 6.61 Å². The van der Waals surface area contributed by atoms with E-state index in [9.17, 15) is 38.4 Å². The molecule has 0 bridgehead atoms. The first-order chi connectivity index (χ1) is 23.6. The van der Waals surface area contributed by atoms with Crippen LogP contribution in [0.1, 0.15) is 67.1 Å². The van der Waals surface area contributed by atoms with Gasteiger partial charge in [0, 0.05) is 41.7 Å². The van der Waals surface area contributed by atoms with E-state index in [1.54, 1.807) is 48.5 Å². The number of aromatic nitrogens is 1. The third-order valence-corrected chi connectivity index (χ3v) is 7.47. The summed E-state index contributed by atoms with van der Waals surface area (Å²) in [5.74, 6) is -6.55. The van der Waals surface area contributed by atoms with Crippen molar-refractivity contribution >= 4 is 47.3 Å². The van der Waals surface area contributed by atoms with Gasteiger partial charge in [-0.3, -0.25) is 38.4 Å². The van der Waals surface area contributed by atoms with Crippen LogP contribution in [0.2, 0.25) is 0 Å². The van der Waals surface area contributed by atoms with Crippen LogP contribution in [0, 0.1) is 0 Å². The molecule has 3 aromatic rings. The van der Waals surface area contributed by atoms with E-state index in [-0.39, 0.29) is 22.4 Å². The molecule has 2 aromatic carbocycles. The van der Waals surface area contributed by atoms with E-state index in [1.807, 2.05) is 0 Å². The first kappa shape index (κ1) is 36.7. The van der Waals surface area contributed by atoms with Crippen LogP contribution >= 0.6 is 0 Å². The zero-order valence-electron chi connectivity index (χ0n) is 28.0.